The van der Waals surface area contributed by atoms with Crippen molar-refractivity contribution in [3.05, 3.63) is 0 Å². The van der Waals surface area contributed by atoms with Gasteiger partial charge in [-0.05, 0) is 19.4 Å². The van der Waals surface area contributed by atoms with Gasteiger partial charge in [-0.25, -0.2) is 0 Å². The van der Waals surface area contributed by atoms with Crippen molar-refractivity contribution in [2.75, 3.05) is 6.54 Å². The van der Waals surface area contributed by atoms with Crippen LogP contribution in [0.15, 0.2) is 0 Å². The molecule has 0 aromatic carbocycles. The van der Waals surface area contributed by atoms with Crippen molar-refractivity contribution in [2.45, 2.75) is 45.6 Å². The third-order valence-corrected chi connectivity index (χ3v) is 1.70. The van der Waals surface area contributed by atoms with Crippen molar-refractivity contribution in [1.82, 2.24) is 5.32 Å². The van der Waals surface area contributed by atoms with Gasteiger partial charge in [-0.3, -0.25) is 0 Å². The van der Waals surface area contributed by atoms with Gasteiger partial charge in [-0.1, -0.05) is 26.7 Å². The van der Waals surface area contributed by atoms with Gasteiger partial charge in [0.2, 0.25) is 0 Å². The number of hydrogen-bond acceptors (Lipinski definition) is 2. The number of unbranched alkanes of at least 4 members (excludes halogenated alkanes) is 1. The summed E-state index contributed by atoms with van der Waals surface area (Å²) in [7, 11) is 0. The van der Waals surface area contributed by atoms with Crippen LogP contribution in [-0.4, -0.2) is 18.9 Å². The van der Waals surface area contributed by atoms with Crippen molar-refractivity contribution in [3.63, 3.8) is 0 Å². The number of nitrogens with one attached hydrogen (secondary N) is 1. The Labute approximate surface area is 69.4 Å². The molecule has 1 unspecified atom stereocenters. The summed E-state index contributed by atoms with van der Waals surface area (Å²) in [6.07, 6.45) is 5.40. The third kappa shape index (κ3) is 6.05. The molecule has 0 saturated carbocycles. The van der Waals surface area contributed by atoms with E-state index in [1.807, 2.05) is 0 Å². The van der Waals surface area contributed by atoms with E-state index in [4.69, 9.17) is 0 Å². The maximum absolute atomic E-state index is 10.4. The predicted molar refractivity (Wildman–Crippen MR) is 47.7 cm³/mol. The fraction of sp³-hybridized carbons (Fsp3) is 0.889. The van der Waals surface area contributed by atoms with Crippen LogP contribution in [0.25, 0.3) is 0 Å². The van der Waals surface area contributed by atoms with Gasteiger partial charge < -0.3 is 10.1 Å². The molecule has 0 heterocycles. The summed E-state index contributed by atoms with van der Waals surface area (Å²) in [4.78, 5) is 10.4. The van der Waals surface area contributed by atoms with E-state index in [2.05, 4.69) is 19.2 Å². The van der Waals surface area contributed by atoms with E-state index in [9.17, 15) is 4.79 Å². The van der Waals surface area contributed by atoms with Gasteiger partial charge in [-0.2, -0.15) is 0 Å². The standard InChI is InChI=1S/C9H19NO/c1-3-5-7-10-9(8-11)6-4-2/h8-10H,3-7H2,1-2H3. The number of carbonyl (C=O) groups excluding carboxylic acids is 1. The molecule has 0 aliphatic carbocycles. The summed E-state index contributed by atoms with van der Waals surface area (Å²) in [5, 5.41) is 3.20. The second-order valence-electron chi connectivity index (χ2n) is 2.84. The number of aldehydes is 1. The van der Waals surface area contributed by atoms with Crippen molar-refractivity contribution in [2.24, 2.45) is 0 Å². The van der Waals surface area contributed by atoms with E-state index >= 15 is 0 Å². The van der Waals surface area contributed by atoms with Gasteiger partial charge in [0.15, 0.2) is 0 Å². The minimum Gasteiger partial charge on any atom is -0.308 e. The van der Waals surface area contributed by atoms with Crippen LogP contribution in [0.3, 0.4) is 0 Å². The second kappa shape index (κ2) is 7.73. The minimum absolute atomic E-state index is 0.0894. The van der Waals surface area contributed by atoms with Gasteiger partial charge in [0.05, 0.1) is 6.04 Å². The molecule has 0 radical (unpaired) electrons. The summed E-state index contributed by atoms with van der Waals surface area (Å²) >= 11 is 0. The lowest BCUT2D eigenvalue weighted by atomic mass is 10.2. The summed E-state index contributed by atoms with van der Waals surface area (Å²) in [6, 6.07) is 0.0894. The highest BCUT2D eigenvalue weighted by Gasteiger charge is 2.02. The number of hydrogen-bond donors (Lipinski definition) is 1. The molecule has 66 valence electrons. The highest BCUT2D eigenvalue weighted by molar-refractivity contribution is 5.57. The normalized spacial score (nSPS) is 12.9. The van der Waals surface area contributed by atoms with E-state index in [-0.39, 0.29) is 6.04 Å². The zero-order valence-electron chi connectivity index (χ0n) is 7.60. The quantitative estimate of drug-likeness (QED) is 0.450. The van der Waals surface area contributed by atoms with E-state index in [0.29, 0.717) is 0 Å². The van der Waals surface area contributed by atoms with Crippen LogP contribution >= 0.6 is 0 Å². The molecule has 0 rings (SSSR count). The molecular formula is C9H19NO. The molecule has 0 amide bonds. The van der Waals surface area contributed by atoms with Crippen LogP contribution in [0.4, 0.5) is 0 Å². The molecule has 0 saturated heterocycles. The van der Waals surface area contributed by atoms with Gasteiger partial charge in [0.1, 0.15) is 6.29 Å². The van der Waals surface area contributed by atoms with E-state index < -0.39 is 0 Å². The van der Waals surface area contributed by atoms with Gasteiger partial charge in [0, 0.05) is 0 Å². The van der Waals surface area contributed by atoms with Crippen LogP contribution in [0.2, 0.25) is 0 Å². The Bertz CT molecular complexity index is 93.6. The maximum Gasteiger partial charge on any atom is 0.136 e. The fourth-order valence-corrected chi connectivity index (χ4v) is 0.993. The molecule has 0 aliphatic heterocycles. The topological polar surface area (TPSA) is 29.1 Å². The van der Waals surface area contributed by atoms with Crippen molar-refractivity contribution in [3.8, 4) is 0 Å². The molecule has 2 nitrogen and oxygen atoms in total. The van der Waals surface area contributed by atoms with Gasteiger partial charge >= 0.3 is 0 Å². The number of carbonyl (C=O) groups is 1. The van der Waals surface area contributed by atoms with Gasteiger partial charge in [0.25, 0.3) is 0 Å². The van der Waals surface area contributed by atoms with Crippen LogP contribution < -0.4 is 5.32 Å². The summed E-state index contributed by atoms with van der Waals surface area (Å²) in [5.41, 5.74) is 0. The predicted octanol–water partition coefficient (Wildman–Crippen LogP) is 1.74. The highest BCUT2D eigenvalue weighted by atomic mass is 16.1. The minimum atomic E-state index is 0.0894. The van der Waals surface area contributed by atoms with Crippen molar-refractivity contribution in [1.29, 1.82) is 0 Å². The first kappa shape index (κ1) is 10.6. The Morgan fingerprint density at radius 1 is 1.36 bits per heavy atom. The summed E-state index contributed by atoms with van der Waals surface area (Å²) < 4.78 is 0. The molecule has 0 aromatic rings. The maximum atomic E-state index is 10.4. The van der Waals surface area contributed by atoms with E-state index in [1.54, 1.807) is 0 Å². The first-order chi connectivity index (χ1) is 5.35. The highest BCUT2D eigenvalue weighted by Crippen LogP contribution is 1.93. The Kier molecular flexibility index (Phi) is 7.47. The molecule has 0 fully saturated rings. The van der Waals surface area contributed by atoms with Gasteiger partial charge in [-0.15, -0.1) is 0 Å². The Balaban J connectivity index is 3.28. The van der Waals surface area contributed by atoms with Crippen molar-refractivity contribution < 1.29 is 4.79 Å². The molecule has 1 N–H and O–H groups in total. The molecule has 11 heavy (non-hydrogen) atoms. The Morgan fingerprint density at radius 2 is 2.09 bits per heavy atom. The summed E-state index contributed by atoms with van der Waals surface area (Å²) in [6.45, 7) is 5.22. The molecule has 2 heteroatoms. The van der Waals surface area contributed by atoms with Crippen molar-refractivity contribution >= 4 is 6.29 Å². The Morgan fingerprint density at radius 3 is 2.55 bits per heavy atom. The molecule has 0 aliphatic rings. The van der Waals surface area contributed by atoms with Crippen LogP contribution in [0, 0.1) is 0 Å². The average Bonchev–Trinajstić information content (AvgIpc) is 2.03. The molecule has 0 bridgehead atoms. The zero-order chi connectivity index (χ0) is 8.53. The molecular weight excluding hydrogens is 138 g/mol. The lowest BCUT2D eigenvalue weighted by molar-refractivity contribution is -0.109. The third-order valence-electron chi connectivity index (χ3n) is 1.70. The Hall–Kier alpha value is -0.370. The van der Waals surface area contributed by atoms with Crippen LogP contribution in [0.5, 0.6) is 0 Å². The monoisotopic (exact) mass is 157 g/mol. The largest absolute Gasteiger partial charge is 0.308 e. The lowest BCUT2D eigenvalue weighted by Crippen LogP contribution is -2.30. The molecule has 1 atom stereocenters. The SMILES string of the molecule is CCCCNC(C=O)CCC. The first-order valence-corrected chi connectivity index (χ1v) is 4.53. The van der Waals surface area contributed by atoms with E-state index in [1.165, 1.54) is 6.42 Å². The van der Waals surface area contributed by atoms with Crippen LogP contribution in [-0.2, 0) is 4.79 Å². The first-order valence-electron chi connectivity index (χ1n) is 4.53. The average molecular weight is 157 g/mol. The number of rotatable bonds is 7. The zero-order valence-corrected chi connectivity index (χ0v) is 7.60. The van der Waals surface area contributed by atoms with Crippen LogP contribution in [0.1, 0.15) is 39.5 Å². The summed E-state index contributed by atoms with van der Waals surface area (Å²) in [5.74, 6) is 0. The smallest absolute Gasteiger partial charge is 0.136 e. The molecule has 0 aromatic heterocycles. The second-order valence-corrected chi connectivity index (χ2v) is 2.84. The fourth-order valence-electron chi connectivity index (χ4n) is 0.993. The van der Waals surface area contributed by atoms with E-state index in [0.717, 1.165) is 32.1 Å². The lowest BCUT2D eigenvalue weighted by Gasteiger charge is -2.09. The molecule has 0 spiro atoms.